The highest BCUT2D eigenvalue weighted by Crippen LogP contribution is 2.27. The zero-order valence-electron chi connectivity index (χ0n) is 15.8. The molecular weight excluding hydrogens is 402 g/mol. The number of imide groups is 2. The molecule has 4 rings (SSSR count). The Bertz CT molecular complexity index is 1110. The van der Waals surface area contributed by atoms with Crippen LogP contribution >= 0.6 is 11.3 Å². The first-order valence-electron chi connectivity index (χ1n) is 9.18. The third kappa shape index (κ3) is 3.85. The summed E-state index contributed by atoms with van der Waals surface area (Å²) in [7, 11) is 0. The second-order valence-electron chi connectivity index (χ2n) is 6.60. The number of amides is 5. The van der Waals surface area contributed by atoms with Gasteiger partial charge in [0.15, 0.2) is 0 Å². The Kier molecular flexibility index (Phi) is 5.40. The van der Waals surface area contributed by atoms with Crippen molar-refractivity contribution >= 4 is 40.8 Å². The van der Waals surface area contributed by atoms with Gasteiger partial charge < -0.3 is 5.32 Å². The fourth-order valence-corrected chi connectivity index (χ4v) is 3.88. The molecular formula is C22H17N3O4S. The maximum absolute atomic E-state index is 12.6. The van der Waals surface area contributed by atoms with Crippen molar-refractivity contribution in [2.24, 2.45) is 0 Å². The standard InChI is InChI=1S/C22H17N3O4S/c26-19(23-18-11-5-4-10-17(18)15-7-2-1-3-8-15)14-25-21(28)20(27)24(22(25)29)13-16-9-6-12-30-16/h1-12H,13-14H2,(H,23,26). The summed E-state index contributed by atoms with van der Waals surface area (Å²) in [5.41, 5.74) is 2.27. The Morgan fingerprint density at radius 1 is 0.833 bits per heavy atom. The Balaban J connectivity index is 1.48. The lowest BCUT2D eigenvalue weighted by Crippen LogP contribution is -2.38. The zero-order chi connectivity index (χ0) is 21.1. The quantitative estimate of drug-likeness (QED) is 0.490. The van der Waals surface area contributed by atoms with E-state index in [0.717, 1.165) is 20.9 Å². The summed E-state index contributed by atoms with van der Waals surface area (Å²) < 4.78 is 0. The van der Waals surface area contributed by atoms with Gasteiger partial charge in [-0.2, -0.15) is 0 Å². The molecule has 3 aromatic rings. The summed E-state index contributed by atoms with van der Waals surface area (Å²) in [4.78, 5) is 51.9. The molecule has 0 radical (unpaired) electrons. The summed E-state index contributed by atoms with van der Waals surface area (Å²) >= 11 is 1.38. The number of hydrogen-bond donors (Lipinski definition) is 1. The normalized spacial score (nSPS) is 13.8. The minimum atomic E-state index is -0.997. The minimum absolute atomic E-state index is 0.00995. The highest BCUT2D eigenvalue weighted by Gasteiger charge is 2.45. The maximum Gasteiger partial charge on any atom is 0.335 e. The molecule has 0 aliphatic carbocycles. The van der Waals surface area contributed by atoms with Crippen LogP contribution < -0.4 is 5.32 Å². The fraction of sp³-hybridized carbons (Fsp3) is 0.0909. The number of hydrogen-bond acceptors (Lipinski definition) is 5. The van der Waals surface area contributed by atoms with Gasteiger partial charge in [0.25, 0.3) is 0 Å². The largest absolute Gasteiger partial charge is 0.335 e. The van der Waals surface area contributed by atoms with E-state index in [0.29, 0.717) is 10.6 Å². The molecule has 1 fully saturated rings. The van der Waals surface area contributed by atoms with Crippen LogP contribution in [0, 0.1) is 0 Å². The van der Waals surface area contributed by atoms with Gasteiger partial charge in [-0.15, -0.1) is 11.3 Å². The number of thiophene rings is 1. The van der Waals surface area contributed by atoms with E-state index in [9.17, 15) is 19.2 Å². The number of para-hydroxylation sites is 1. The Morgan fingerprint density at radius 3 is 2.27 bits per heavy atom. The summed E-state index contributed by atoms with van der Waals surface area (Å²) in [6, 6.07) is 19.5. The predicted molar refractivity (Wildman–Crippen MR) is 112 cm³/mol. The lowest BCUT2D eigenvalue weighted by molar-refractivity contribution is -0.143. The highest BCUT2D eigenvalue weighted by atomic mass is 32.1. The molecule has 0 spiro atoms. The van der Waals surface area contributed by atoms with E-state index in [1.165, 1.54) is 11.3 Å². The van der Waals surface area contributed by atoms with Gasteiger partial charge in [0.2, 0.25) is 5.91 Å². The number of rotatable bonds is 6. The van der Waals surface area contributed by atoms with Crippen LogP contribution in [0.25, 0.3) is 11.1 Å². The summed E-state index contributed by atoms with van der Waals surface area (Å²) in [6.45, 7) is -0.524. The molecule has 1 aliphatic heterocycles. The molecule has 1 aromatic heterocycles. The molecule has 30 heavy (non-hydrogen) atoms. The van der Waals surface area contributed by atoms with Gasteiger partial charge >= 0.3 is 17.8 Å². The first-order valence-corrected chi connectivity index (χ1v) is 10.1. The lowest BCUT2D eigenvalue weighted by atomic mass is 10.0. The van der Waals surface area contributed by atoms with Crippen molar-refractivity contribution in [1.29, 1.82) is 0 Å². The Hall–Kier alpha value is -3.78. The second kappa shape index (κ2) is 8.30. The van der Waals surface area contributed by atoms with Crippen molar-refractivity contribution < 1.29 is 19.2 Å². The van der Waals surface area contributed by atoms with Crippen molar-refractivity contribution in [3.63, 3.8) is 0 Å². The van der Waals surface area contributed by atoms with Gasteiger partial charge in [-0.1, -0.05) is 54.6 Å². The first kappa shape index (κ1) is 19.5. The van der Waals surface area contributed by atoms with Gasteiger partial charge in [0.1, 0.15) is 6.54 Å². The molecule has 0 atom stereocenters. The van der Waals surface area contributed by atoms with Gasteiger partial charge in [0, 0.05) is 16.1 Å². The fourth-order valence-electron chi connectivity index (χ4n) is 3.18. The SMILES string of the molecule is O=C(CN1C(=O)C(=O)N(Cc2cccs2)C1=O)Nc1ccccc1-c1ccccc1. The van der Waals surface area contributed by atoms with E-state index in [1.807, 2.05) is 47.8 Å². The second-order valence-corrected chi connectivity index (χ2v) is 7.64. The molecule has 0 unspecified atom stereocenters. The van der Waals surface area contributed by atoms with Crippen molar-refractivity contribution in [2.45, 2.75) is 6.54 Å². The number of urea groups is 1. The Morgan fingerprint density at radius 2 is 1.53 bits per heavy atom. The highest BCUT2D eigenvalue weighted by molar-refractivity contribution is 7.09. The van der Waals surface area contributed by atoms with Gasteiger partial charge in [-0.05, 0) is 23.1 Å². The third-order valence-corrected chi connectivity index (χ3v) is 5.48. The number of carbonyl (C=O) groups excluding carboxylic acids is 4. The Labute approximate surface area is 176 Å². The van der Waals surface area contributed by atoms with E-state index in [1.54, 1.807) is 24.3 Å². The zero-order valence-corrected chi connectivity index (χ0v) is 16.6. The molecule has 2 aromatic carbocycles. The molecule has 7 nitrogen and oxygen atoms in total. The van der Waals surface area contributed by atoms with Crippen LogP contribution in [-0.4, -0.2) is 40.1 Å². The average molecular weight is 419 g/mol. The van der Waals surface area contributed by atoms with Crippen molar-refractivity contribution in [1.82, 2.24) is 9.80 Å². The van der Waals surface area contributed by atoms with Gasteiger partial charge in [-0.25, -0.2) is 9.69 Å². The molecule has 8 heteroatoms. The lowest BCUT2D eigenvalue weighted by Gasteiger charge is -2.16. The summed E-state index contributed by atoms with van der Waals surface area (Å²) in [6.07, 6.45) is 0. The van der Waals surface area contributed by atoms with Crippen molar-refractivity contribution in [2.75, 3.05) is 11.9 Å². The smallest absolute Gasteiger partial charge is 0.324 e. The van der Waals surface area contributed by atoms with E-state index in [-0.39, 0.29) is 6.54 Å². The molecule has 0 saturated carbocycles. The molecule has 0 bridgehead atoms. The van der Waals surface area contributed by atoms with Crippen LogP contribution in [0.2, 0.25) is 0 Å². The summed E-state index contributed by atoms with van der Waals surface area (Å²) in [5, 5.41) is 4.56. The number of nitrogens with zero attached hydrogens (tertiary/aromatic N) is 2. The van der Waals surface area contributed by atoms with E-state index in [4.69, 9.17) is 0 Å². The summed E-state index contributed by atoms with van der Waals surface area (Å²) in [5.74, 6) is -2.49. The number of benzene rings is 2. The molecule has 1 N–H and O–H groups in total. The van der Waals surface area contributed by atoms with Gasteiger partial charge in [-0.3, -0.25) is 19.3 Å². The average Bonchev–Trinajstić information content (AvgIpc) is 3.34. The van der Waals surface area contributed by atoms with Crippen LogP contribution in [0.4, 0.5) is 10.5 Å². The first-order chi connectivity index (χ1) is 14.5. The van der Waals surface area contributed by atoms with Crippen LogP contribution in [0.5, 0.6) is 0 Å². The van der Waals surface area contributed by atoms with Crippen molar-refractivity contribution in [3.05, 3.63) is 77.0 Å². The van der Waals surface area contributed by atoms with Crippen LogP contribution in [0.15, 0.2) is 72.1 Å². The topological polar surface area (TPSA) is 86.8 Å². The molecule has 5 amide bonds. The van der Waals surface area contributed by atoms with Crippen LogP contribution in [0.3, 0.4) is 0 Å². The van der Waals surface area contributed by atoms with E-state index >= 15 is 0 Å². The van der Waals surface area contributed by atoms with Gasteiger partial charge in [0.05, 0.1) is 6.54 Å². The predicted octanol–water partition coefficient (Wildman–Crippen LogP) is 3.34. The van der Waals surface area contributed by atoms with E-state index < -0.39 is 30.3 Å². The molecule has 2 heterocycles. The van der Waals surface area contributed by atoms with E-state index in [2.05, 4.69) is 5.32 Å². The maximum atomic E-state index is 12.6. The third-order valence-electron chi connectivity index (χ3n) is 4.62. The minimum Gasteiger partial charge on any atom is -0.324 e. The van der Waals surface area contributed by atoms with Crippen LogP contribution in [0.1, 0.15) is 4.88 Å². The molecule has 150 valence electrons. The number of anilines is 1. The monoisotopic (exact) mass is 419 g/mol. The number of nitrogens with one attached hydrogen (secondary N) is 1. The molecule has 1 saturated heterocycles. The van der Waals surface area contributed by atoms with Crippen molar-refractivity contribution in [3.8, 4) is 11.1 Å². The number of carbonyl (C=O) groups is 4. The molecule has 1 aliphatic rings. The van der Waals surface area contributed by atoms with Crippen LogP contribution in [-0.2, 0) is 20.9 Å².